The molecular formula is C6H8N2. The molecule has 2 nitrogen and oxygen atoms in total. The van der Waals surface area contributed by atoms with E-state index in [1.807, 2.05) is 0 Å². The van der Waals surface area contributed by atoms with Gasteiger partial charge in [-0.3, -0.25) is 9.98 Å². The number of hydrogen-bond acceptors (Lipinski definition) is 2. The first kappa shape index (κ1) is 6.82. The van der Waals surface area contributed by atoms with Gasteiger partial charge in [0.15, 0.2) is 0 Å². The third-order valence-corrected chi connectivity index (χ3v) is 0.494. The summed E-state index contributed by atoms with van der Waals surface area (Å²) >= 11 is 0. The Balaban J connectivity index is 3.41. The summed E-state index contributed by atoms with van der Waals surface area (Å²) in [6.07, 6.45) is 6.59. The monoisotopic (exact) mass is 108 g/mol. The Labute approximate surface area is 49.0 Å². The molecule has 0 aliphatic heterocycles. The third kappa shape index (κ3) is 4.82. The van der Waals surface area contributed by atoms with E-state index in [4.69, 9.17) is 0 Å². The molecule has 0 saturated carbocycles. The van der Waals surface area contributed by atoms with Gasteiger partial charge in [-0.15, -0.1) is 0 Å². The van der Waals surface area contributed by atoms with E-state index in [2.05, 4.69) is 23.4 Å². The highest BCUT2D eigenvalue weighted by molar-refractivity contribution is 5.27. The van der Waals surface area contributed by atoms with Crippen molar-refractivity contribution in [3.8, 4) is 0 Å². The Hall–Kier alpha value is -1.18. The number of hydrogen-bond donors (Lipinski definition) is 0. The van der Waals surface area contributed by atoms with Crippen LogP contribution in [0.5, 0.6) is 0 Å². The van der Waals surface area contributed by atoms with Crippen molar-refractivity contribution in [2.75, 3.05) is 0 Å². The number of rotatable bonds is 3. The molecule has 0 aliphatic rings. The average molecular weight is 108 g/mol. The normalized spacial score (nSPS) is 10.5. The van der Waals surface area contributed by atoms with Gasteiger partial charge >= 0.3 is 0 Å². The van der Waals surface area contributed by atoms with Crippen molar-refractivity contribution in [1.29, 1.82) is 0 Å². The molecule has 0 N–H and O–H groups in total. The summed E-state index contributed by atoms with van der Waals surface area (Å²) in [5.74, 6) is 0. The van der Waals surface area contributed by atoms with Crippen molar-refractivity contribution in [3.63, 3.8) is 0 Å². The van der Waals surface area contributed by atoms with Gasteiger partial charge in [0.2, 0.25) is 0 Å². The predicted octanol–water partition coefficient (Wildman–Crippen LogP) is 1.41. The molecule has 0 aromatic carbocycles. The van der Waals surface area contributed by atoms with Gasteiger partial charge in [0.05, 0.1) is 0 Å². The van der Waals surface area contributed by atoms with Crippen molar-refractivity contribution >= 4 is 13.4 Å². The first-order valence-electron chi connectivity index (χ1n) is 2.15. The molecule has 2 heteroatoms. The topological polar surface area (TPSA) is 24.7 Å². The second-order valence-electron chi connectivity index (χ2n) is 1.05. The highest BCUT2D eigenvalue weighted by Gasteiger charge is 1.55. The molecule has 0 unspecified atom stereocenters. The zero-order chi connectivity index (χ0) is 6.24. The fourth-order valence-electron chi connectivity index (χ4n) is 0.221. The van der Waals surface area contributed by atoms with Crippen LogP contribution in [0.25, 0.3) is 0 Å². The molecule has 0 amide bonds. The van der Waals surface area contributed by atoms with E-state index in [1.165, 1.54) is 0 Å². The van der Waals surface area contributed by atoms with E-state index in [0.717, 1.165) is 0 Å². The Morgan fingerprint density at radius 2 is 1.25 bits per heavy atom. The van der Waals surface area contributed by atoms with Crippen LogP contribution in [-0.2, 0) is 0 Å². The minimum absolute atomic E-state index is 1.57. The Morgan fingerprint density at radius 3 is 1.50 bits per heavy atom. The maximum Gasteiger partial charge on any atom is 0.0261 e. The second-order valence-corrected chi connectivity index (χ2v) is 1.05. The molecule has 0 aromatic heterocycles. The number of aliphatic imine (C=N–C) groups is 2. The predicted molar refractivity (Wildman–Crippen MR) is 37.4 cm³/mol. The van der Waals surface area contributed by atoms with E-state index in [-0.39, 0.29) is 0 Å². The smallest absolute Gasteiger partial charge is 0.0261 e. The first-order chi connectivity index (χ1) is 3.91. The average Bonchev–Trinajstić information content (AvgIpc) is 1.81. The van der Waals surface area contributed by atoms with Gasteiger partial charge in [0.25, 0.3) is 0 Å². The second kappa shape index (κ2) is 5.82. The van der Waals surface area contributed by atoms with Crippen LogP contribution in [0.15, 0.2) is 34.5 Å². The summed E-state index contributed by atoms with van der Waals surface area (Å²) in [5, 5.41) is 0. The third-order valence-electron chi connectivity index (χ3n) is 0.494. The lowest BCUT2D eigenvalue weighted by Crippen LogP contribution is -1.46. The molecule has 0 heterocycles. The maximum absolute atomic E-state index is 3.46. The van der Waals surface area contributed by atoms with Crippen LogP contribution < -0.4 is 0 Å². The molecular weight excluding hydrogens is 100 g/mol. The number of allylic oxidation sites excluding steroid dienone is 2. The lowest BCUT2D eigenvalue weighted by molar-refractivity contribution is 1.57. The summed E-state index contributed by atoms with van der Waals surface area (Å²) < 4.78 is 0. The van der Waals surface area contributed by atoms with Crippen LogP contribution >= 0.6 is 0 Å². The molecule has 8 heavy (non-hydrogen) atoms. The van der Waals surface area contributed by atoms with Crippen LogP contribution in [-0.4, -0.2) is 13.4 Å². The zero-order valence-corrected chi connectivity index (χ0v) is 4.62. The van der Waals surface area contributed by atoms with Crippen molar-refractivity contribution in [3.05, 3.63) is 24.6 Å². The van der Waals surface area contributed by atoms with E-state index in [9.17, 15) is 0 Å². The lowest BCUT2D eigenvalue weighted by atomic mass is 10.6. The summed E-state index contributed by atoms with van der Waals surface area (Å²) in [5.41, 5.74) is 0. The van der Waals surface area contributed by atoms with Crippen molar-refractivity contribution < 1.29 is 0 Å². The summed E-state index contributed by atoms with van der Waals surface area (Å²) in [6.45, 7) is 6.48. The van der Waals surface area contributed by atoms with Crippen LogP contribution in [0.3, 0.4) is 0 Å². The molecule has 0 aromatic rings. The Bertz CT molecular complexity index is 106. The minimum atomic E-state index is 1.57. The molecule has 0 aliphatic carbocycles. The van der Waals surface area contributed by atoms with E-state index in [0.29, 0.717) is 0 Å². The van der Waals surface area contributed by atoms with E-state index in [1.54, 1.807) is 24.6 Å². The van der Waals surface area contributed by atoms with Crippen LogP contribution in [0, 0.1) is 0 Å². The van der Waals surface area contributed by atoms with E-state index >= 15 is 0 Å². The first-order valence-corrected chi connectivity index (χ1v) is 2.15. The molecule has 0 spiro atoms. The van der Waals surface area contributed by atoms with Gasteiger partial charge in [-0.1, -0.05) is 0 Å². The molecule has 42 valence electrons. The number of nitrogens with zero attached hydrogens (tertiary/aromatic N) is 2. The largest absolute Gasteiger partial charge is 0.273 e. The van der Waals surface area contributed by atoms with Gasteiger partial charge in [-0.05, 0) is 25.6 Å². The summed E-state index contributed by atoms with van der Waals surface area (Å²) in [6, 6.07) is 0. The van der Waals surface area contributed by atoms with Gasteiger partial charge in [-0.2, -0.15) is 0 Å². The molecule has 0 radical (unpaired) electrons. The van der Waals surface area contributed by atoms with Crippen molar-refractivity contribution in [2.45, 2.75) is 0 Å². The van der Waals surface area contributed by atoms with Gasteiger partial charge in [0.1, 0.15) is 0 Å². The molecule has 0 saturated heterocycles. The highest BCUT2D eigenvalue weighted by atomic mass is 14.6. The van der Waals surface area contributed by atoms with Crippen LogP contribution in [0.4, 0.5) is 0 Å². The zero-order valence-electron chi connectivity index (χ0n) is 4.62. The molecule has 0 rings (SSSR count). The quantitative estimate of drug-likeness (QED) is 0.386. The van der Waals surface area contributed by atoms with Crippen molar-refractivity contribution in [1.82, 2.24) is 0 Å². The van der Waals surface area contributed by atoms with Gasteiger partial charge in [-0.25, -0.2) is 0 Å². The van der Waals surface area contributed by atoms with Crippen LogP contribution in [0.1, 0.15) is 0 Å². The fourth-order valence-corrected chi connectivity index (χ4v) is 0.221. The highest BCUT2D eigenvalue weighted by Crippen LogP contribution is 1.75. The molecule has 0 fully saturated rings. The molecule has 0 bridgehead atoms. The summed E-state index contributed by atoms with van der Waals surface area (Å²) in [4.78, 5) is 6.93. The fraction of sp³-hybridized carbons (Fsp3) is 0. The van der Waals surface area contributed by atoms with Crippen LogP contribution in [0.2, 0.25) is 0 Å². The Kier molecular flexibility index (Phi) is 4.96. The minimum Gasteiger partial charge on any atom is -0.273 e. The Morgan fingerprint density at radius 1 is 0.875 bits per heavy atom. The molecule has 0 atom stereocenters. The lowest BCUT2D eigenvalue weighted by Gasteiger charge is -1.67. The van der Waals surface area contributed by atoms with E-state index < -0.39 is 0 Å². The SMILES string of the molecule is C=N/C=C\C=C\N=C. The maximum atomic E-state index is 3.46. The van der Waals surface area contributed by atoms with Gasteiger partial charge < -0.3 is 0 Å². The standard InChI is InChI=1S/C6H8N2/c1-7-5-3-4-6-8-2/h3-6H,1-2H2/b5-3-,6-4+. The van der Waals surface area contributed by atoms with Crippen molar-refractivity contribution in [2.24, 2.45) is 9.98 Å². The summed E-state index contributed by atoms with van der Waals surface area (Å²) in [7, 11) is 0. The van der Waals surface area contributed by atoms with Gasteiger partial charge in [0, 0.05) is 12.4 Å².